The van der Waals surface area contributed by atoms with Crippen molar-refractivity contribution < 1.29 is 27.4 Å². The third-order valence-corrected chi connectivity index (χ3v) is 10.0. The second-order valence-electron chi connectivity index (χ2n) is 19.8. The highest BCUT2D eigenvalue weighted by Gasteiger charge is 2.27. The number of rotatable bonds is 8. The van der Waals surface area contributed by atoms with E-state index in [1.165, 1.54) is 27.7 Å². The Labute approximate surface area is 373 Å². The highest BCUT2D eigenvalue weighted by Crippen LogP contribution is 2.30. The van der Waals surface area contributed by atoms with E-state index in [9.17, 15) is 18.4 Å². The number of ether oxygens (including phenoxy) is 1. The number of morpholine rings is 1. The Kier molecular flexibility index (Phi) is 14.9. The lowest BCUT2D eigenvalue weighted by Crippen LogP contribution is -2.36. The van der Waals surface area contributed by atoms with Crippen molar-refractivity contribution in [3.8, 4) is 33.5 Å². The van der Waals surface area contributed by atoms with E-state index in [1.807, 2.05) is 35.5 Å². The molecule has 2 aliphatic rings. The van der Waals surface area contributed by atoms with Crippen molar-refractivity contribution in [1.29, 1.82) is 0 Å². The molecule has 0 aliphatic carbocycles. The topological polar surface area (TPSA) is 130 Å². The number of halogens is 2. The third kappa shape index (κ3) is 13.7. The highest BCUT2D eigenvalue weighted by molar-refractivity contribution is 6.01. The van der Waals surface area contributed by atoms with Crippen LogP contribution in [0.1, 0.15) is 80.7 Å². The van der Waals surface area contributed by atoms with Gasteiger partial charge in [-0.2, -0.15) is 0 Å². The van der Waals surface area contributed by atoms with E-state index < -0.39 is 11.3 Å². The van der Waals surface area contributed by atoms with Crippen LogP contribution in [-0.2, 0) is 22.7 Å². The van der Waals surface area contributed by atoms with E-state index >= 15 is 0 Å². The normalized spacial score (nSPS) is 15.4. The molecule has 1 fully saturated rings. The number of hydrogen-bond acceptors (Lipinski definition) is 10. The van der Waals surface area contributed by atoms with E-state index in [2.05, 4.69) is 83.5 Å². The van der Waals surface area contributed by atoms with Crippen LogP contribution in [0.2, 0.25) is 0 Å². The quantitative estimate of drug-likeness (QED) is 0.147. The first kappa shape index (κ1) is 47.3. The molecule has 0 spiro atoms. The molecular formula is C50H60F2N6O6. The fourth-order valence-corrected chi connectivity index (χ4v) is 7.27. The van der Waals surface area contributed by atoms with Gasteiger partial charge in [0, 0.05) is 49.2 Å². The summed E-state index contributed by atoms with van der Waals surface area (Å²) < 4.78 is 46.3. The van der Waals surface area contributed by atoms with Gasteiger partial charge >= 0.3 is 11.3 Å². The molecule has 0 radical (unpaired) electrons. The molecule has 340 valence electrons. The summed E-state index contributed by atoms with van der Waals surface area (Å²) in [5.74, 6) is -0.701. The van der Waals surface area contributed by atoms with Crippen molar-refractivity contribution >= 4 is 11.4 Å². The van der Waals surface area contributed by atoms with E-state index in [0.717, 1.165) is 35.4 Å². The minimum Gasteiger partial charge on any atom is -0.392 e. The number of oxime groups is 1. The number of hydrogen-bond donors (Lipinski definition) is 0. The van der Waals surface area contributed by atoms with Gasteiger partial charge in [0.25, 0.3) is 0 Å². The molecule has 4 aromatic heterocycles. The van der Waals surface area contributed by atoms with Crippen LogP contribution < -0.4 is 16.2 Å². The van der Waals surface area contributed by atoms with Crippen molar-refractivity contribution in [2.24, 2.45) is 21.4 Å². The summed E-state index contributed by atoms with van der Waals surface area (Å²) in [5.41, 5.74) is 5.69. The second-order valence-corrected chi connectivity index (χ2v) is 19.8. The van der Waals surface area contributed by atoms with E-state index in [0.29, 0.717) is 67.3 Å². The first-order chi connectivity index (χ1) is 30.2. The Morgan fingerprint density at radius 3 is 1.83 bits per heavy atom. The van der Waals surface area contributed by atoms with E-state index in [4.69, 9.17) is 18.6 Å². The third-order valence-electron chi connectivity index (χ3n) is 10.0. The maximum Gasteiger partial charge on any atom is 0.365 e. The molecule has 6 aromatic rings. The number of benzene rings is 2. The smallest absolute Gasteiger partial charge is 0.365 e. The summed E-state index contributed by atoms with van der Waals surface area (Å²) >= 11 is 0. The van der Waals surface area contributed by atoms with Gasteiger partial charge in [-0.25, -0.2) is 27.8 Å². The average molecular weight is 879 g/mol. The summed E-state index contributed by atoms with van der Waals surface area (Å²) in [5, 5.41) is 4.24. The lowest BCUT2D eigenvalue weighted by atomic mass is 9.87. The lowest BCUT2D eigenvalue weighted by Gasteiger charge is -2.29. The predicted octanol–water partition coefficient (Wildman–Crippen LogP) is 10.5. The fourth-order valence-electron chi connectivity index (χ4n) is 7.27. The number of nitrogens with zero attached hydrogens (tertiary/aromatic N) is 6. The molecule has 1 atom stereocenters. The van der Waals surface area contributed by atoms with Crippen LogP contribution in [0.5, 0.6) is 0 Å². The molecule has 64 heavy (non-hydrogen) atoms. The van der Waals surface area contributed by atoms with Gasteiger partial charge in [0.05, 0.1) is 66.9 Å². The van der Waals surface area contributed by atoms with Gasteiger partial charge in [-0.05, 0) is 82.3 Å². The molecule has 2 aliphatic heterocycles. The lowest BCUT2D eigenvalue weighted by molar-refractivity contribution is 0.0540. The Hall–Kier alpha value is -6.15. The van der Waals surface area contributed by atoms with Gasteiger partial charge in [0.2, 0.25) is 0 Å². The maximum absolute atomic E-state index is 14.5. The largest absolute Gasteiger partial charge is 0.392 e. The van der Waals surface area contributed by atoms with Crippen LogP contribution in [-0.4, -0.2) is 57.6 Å². The number of anilines is 1. The van der Waals surface area contributed by atoms with Crippen LogP contribution in [0.4, 0.5) is 14.5 Å². The summed E-state index contributed by atoms with van der Waals surface area (Å²) in [6.07, 6.45) is 10.7. The van der Waals surface area contributed by atoms with Crippen LogP contribution in [0.25, 0.3) is 33.5 Å². The second kappa shape index (κ2) is 20.1. The standard InChI is InChI=1S/C18H23FN2O3.C18H21N3O.C14H16FNO2/c1-18(2,3)12-21-11-14(17(22)24-21)13-4-5-16(15(19)10-13)20-6-8-23-9-7-20;1-18(2,3)10-15-9-17(21-22-15)14-6-7-16(20-12-14)13-5-4-8-19-11-13;1-14(2,3)9-16-8-12(13(17)18-16)10-5-4-6-11(15)7-10/h4-5,10-11H,6-9,12H2,1-3H3;4-8,11-12,15H,9-10H2,1-3H3;4-8H,9H2,1-3H3/t;15-;/m.0./s1. The average Bonchev–Trinajstić information content (AvgIpc) is 3.94. The van der Waals surface area contributed by atoms with Gasteiger partial charge in [-0.15, -0.1) is 0 Å². The molecule has 6 heterocycles. The highest BCUT2D eigenvalue weighted by atomic mass is 19.1. The Morgan fingerprint density at radius 1 is 0.688 bits per heavy atom. The summed E-state index contributed by atoms with van der Waals surface area (Å²) in [6, 6.07) is 18.8. The first-order valence-corrected chi connectivity index (χ1v) is 21.6. The van der Waals surface area contributed by atoms with Gasteiger partial charge < -0.3 is 23.5 Å². The van der Waals surface area contributed by atoms with Gasteiger partial charge in [0.1, 0.15) is 17.7 Å². The summed E-state index contributed by atoms with van der Waals surface area (Å²) in [4.78, 5) is 40.0. The summed E-state index contributed by atoms with van der Waals surface area (Å²) in [7, 11) is 0. The zero-order chi connectivity index (χ0) is 46.2. The predicted molar refractivity (Wildman–Crippen MR) is 246 cm³/mol. The molecule has 12 nitrogen and oxygen atoms in total. The van der Waals surface area contributed by atoms with Crippen LogP contribution in [0.3, 0.4) is 0 Å². The van der Waals surface area contributed by atoms with Gasteiger partial charge in [0.15, 0.2) is 0 Å². The fraction of sp³-hybridized carbons (Fsp3) is 0.420. The van der Waals surface area contributed by atoms with Crippen LogP contribution in [0, 0.1) is 27.9 Å². The molecular weight excluding hydrogens is 819 g/mol. The maximum atomic E-state index is 14.5. The molecule has 2 aromatic carbocycles. The minimum atomic E-state index is -0.447. The zero-order valence-corrected chi connectivity index (χ0v) is 38.4. The number of aromatic nitrogens is 4. The molecule has 14 heteroatoms. The molecule has 0 unspecified atom stereocenters. The molecule has 1 saturated heterocycles. The monoisotopic (exact) mass is 878 g/mol. The molecule has 0 bridgehead atoms. The zero-order valence-electron chi connectivity index (χ0n) is 38.4. The molecule has 0 amide bonds. The Morgan fingerprint density at radius 2 is 1.30 bits per heavy atom. The van der Waals surface area contributed by atoms with Crippen LogP contribution >= 0.6 is 0 Å². The van der Waals surface area contributed by atoms with Crippen molar-refractivity contribution in [3.63, 3.8) is 0 Å². The van der Waals surface area contributed by atoms with E-state index in [-0.39, 0.29) is 34.0 Å². The minimum absolute atomic E-state index is 0.00810. The molecule has 0 saturated carbocycles. The summed E-state index contributed by atoms with van der Waals surface area (Å²) in [6.45, 7) is 22.7. The van der Waals surface area contributed by atoms with Crippen molar-refractivity contribution in [2.45, 2.75) is 94.3 Å². The van der Waals surface area contributed by atoms with Crippen molar-refractivity contribution in [1.82, 2.24) is 19.4 Å². The Bertz CT molecular complexity index is 2600. The van der Waals surface area contributed by atoms with Crippen molar-refractivity contribution in [2.75, 3.05) is 31.2 Å². The first-order valence-electron chi connectivity index (χ1n) is 21.6. The van der Waals surface area contributed by atoms with Gasteiger partial charge in [-0.3, -0.25) is 9.97 Å². The van der Waals surface area contributed by atoms with Crippen molar-refractivity contribution in [3.05, 3.63) is 136 Å². The Balaban J connectivity index is 0.000000161. The van der Waals surface area contributed by atoms with E-state index in [1.54, 1.807) is 42.9 Å². The van der Waals surface area contributed by atoms with Crippen LogP contribution in [0.15, 0.2) is 122 Å². The molecule has 0 N–H and O–H groups in total. The SMILES string of the molecule is CC(C)(C)C[C@@H]1CC(c2ccc(-c3cccnc3)nc2)=NO1.CC(C)(C)Cn1cc(-c2ccc(N3CCOCC3)c(F)c2)c(=O)o1.CC(C)(C)Cn1cc(-c2cccc(F)c2)c(=O)o1. The van der Waals surface area contributed by atoms with Gasteiger partial charge in [-0.1, -0.05) is 85.7 Å². The molecule has 8 rings (SSSR count). The number of pyridine rings is 2.